The summed E-state index contributed by atoms with van der Waals surface area (Å²) in [6, 6.07) is 3.59. The summed E-state index contributed by atoms with van der Waals surface area (Å²) in [6.45, 7) is 0. The third-order valence-corrected chi connectivity index (χ3v) is 3.26. The Balaban J connectivity index is 1.84. The van der Waals surface area contributed by atoms with E-state index in [4.69, 9.17) is 0 Å². The van der Waals surface area contributed by atoms with E-state index in [-0.39, 0.29) is 17.9 Å². The van der Waals surface area contributed by atoms with Crippen molar-refractivity contribution >= 4 is 11.6 Å². The minimum absolute atomic E-state index is 0.0380. The van der Waals surface area contributed by atoms with Crippen LogP contribution in [-0.4, -0.2) is 22.1 Å². The molecule has 1 heterocycles. The minimum atomic E-state index is -0.316. The third-order valence-electron chi connectivity index (χ3n) is 3.26. The van der Waals surface area contributed by atoms with E-state index in [2.05, 4.69) is 10.3 Å². The van der Waals surface area contributed by atoms with Crippen LogP contribution >= 0.6 is 0 Å². The predicted octanol–water partition coefficient (Wildman–Crippen LogP) is 1.96. The van der Waals surface area contributed by atoms with Crippen molar-refractivity contribution in [3.8, 4) is 0 Å². The molecule has 1 aliphatic carbocycles. The van der Waals surface area contributed by atoms with Crippen molar-refractivity contribution in [1.82, 2.24) is 4.98 Å². The fourth-order valence-electron chi connectivity index (χ4n) is 2.31. The quantitative estimate of drug-likeness (QED) is 0.840. The number of hydrogen-bond donors (Lipinski definition) is 2. The molecule has 0 aromatic carbocycles. The highest BCUT2D eigenvalue weighted by Gasteiger charge is 2.25. The summed E-state index contributed by atoms with van der Waals surface area (Å²) in [5, 5.41) is 12.6. The molecule has 0 saturated heterocycles. The van der Waals surface area contributed by atoms with Gasteiger partial charge in [-0.3, -0.25) is 9.78 Å². The van der Waals surface area contributed by atoms with Gasteiger partial charge in [-0.15, -0.1) is 0 Å². The lowest BCUT2D eigenvalue weighted by molar-refractivity contribution is -0.118. The number of nitrogens with one attached hydrogen (secondary N) is 1. The highest BCUT2D eigenvalue weighted by molar-refractivity contribution is 5.90. The summed E-state index contributed by atoms with van der Waals surface area (Å²) < 4.78 is 0. The zero-order valence-corrected chi connectivity index (χ0v) is 9.80. The van der Waals surface area contributed by atoms with Gasteiger partial charge in [0.1, 0.15) is 0 Å². The number of nitrogens with zero attached hydrogens (tertiary/aromatic N) is 1. The lowest BCUT2D eigenvalue weighted by atomic mass is 9.84. The number of rotatable bonds is 3. The smallest absolute Gasteiger partial charge is 0.224 e. The molecule has 17 heavy (non-hydrogen) atoms. The van der Waals surface area contributed by atoms with Gasteiger partial charge in [0.25, 0.3) is 0 Å². The molecule has 0 aliphatic heterocycles. The molecule has 2 rings (SSSR count). The van der Waals surface area contributed by atoms with E-state index in [1.54, 1.807) is 18.5 Å². The molecule has 1 aliphatic rings. The van der Waals surface area contributed by atoms with Crippen LogP contribution in [0.5, 0.6) is 0 Å². The molecule has 0 radical (unpaired) electrons. The summed E-state index contributed by atoms with van der Waals surface area (Å²) in [5.74, 6) is 0.0735. The van der Waals surface area contributed by atoms with Crippen LogP contribution in [-0.2, 0) is 4.79 Å². The summed E-state index contributed by atoms with van der Waals surface area (Å²) in [4.78, 5) is 15.7. The Morgan fingerprint density at radius 1 is 1.47 bits per heavy atom. The van der Waals surface area contributed by atoms with Gasteiger partial charge in [-0.25, -0.2) is 0 Å². The summed E-state index contributed by atoms with van der Waals surface area (Å²) in [5.41, 5.74) is 0.711. The Labute approximate surface area is 101 Å². The fraction of sp³-hybridized carbons (Fsp3) is 0.538. The average Bonchev–Trinajstić information content (AvgIpc) is 2.33. The van der Waals surface area contributed by atoms with Crippen molar-refractivity contribution in [3.05, 3.63) is 24.5 Å². The van der Waals surface area contributed by atoms with Crippen LogP contribution in [0.1, 0.15) is 32.1 Å². The van der Waals surface area contributed by atoms with E-state index < -0.39 is 0 Å². The van der Waals surface area contributed by atoms with Crippen LogP contribution in [0.2, 0.25) is 0 Å². The minimum Gasteiger partial charge on any atom is -0.393 e. The van der Waals surface area contributed by atoms with Gasteiger partial charge in [-0.05, 0) is 30.9 Å². The van der Waals surface area contributed by atoms with Crippen molar-refractivity contribution in [2.24, 2.45) is 5.92 Å². The monoisotopic (exact) mass is 234 g/mol. The number of amides is 1. The normalized spacial score (nSPS) is 24.3. The molecule has 1 saturated carbocycles. The molecule has 1 aromatic heterocycles. The highest BCUT2D eigenvalue weighted by Crippen LogP contribution is 2.27. The van der Waals surface area contributed by atoms with Gasteiger partial charge in [0, 0.05) is 12.6 Å². The molecule has 1 amide bonds. The number of aliphatic hydroxyl groups excluding tert-OH is 1. The molecular weight excluding hydrogens is 216 g/mol. The largest absolute Gasteiger partial charge is 0.393 e. The van der Waals surface area contributed by atoms with Crippen molar-refractivity contribution < 1.29 is 9.90 Å². The number of hydrogen-bond acceptors (Lipinski definition) is 3. The Bertz CT molecular complexity index is 367. The number of carbonyl (C=O) groups excluding carboxylic acids is 1. The molecule has 0 spiro atoms. The molecule has 1 aromatic rings. The van der Waals surface area contributed by atoms with Gasteiger partial charge in [0.15, 0.2) is 0 Å². The second-order valence-corrected chi connectivity index (χ2v) is 4.61. The molecule has 2 N–H and O–H groups in total. The van der Waals surface area contributed by atoms with E-state index in [1.807, 2.05) is 6.07 Å². The predicted molar refractivity (Wildman–Crippen MR) is 65.4 cm³/mol. The molecule has 1 fully saturated rings. The summed E-state index contributed by atoms with van der Waals surface area (Å²) in [7, 11) is 0. The Morgan fingerprint density at radius 3 is 3.00 bits per heavy atom. The number of aromatic nitrogens is 1. The van der Waals surface area contributed by atoms with Crippen molar-refractivity contribution in [2.45, 2.75) is 38.2 Å². The van der Waals surface area contributed by atoms with Crippen LogP contribution in [0.15, 0.2) is 24.5 Å². The van der Waals surface area contributed by atoms with E-state index in [0.717, 1.165) is 25.7 Å². The fourth-order valence-corrected chi connectivity index (χ4v) is 2.31. The van der Waals surface area contributed by atoms with Crippen molar-refractivity contribution in [2.75, 3.05) is 5.32 Å². The van der Waals surface area contributed by atoms with E-state index in [1.165, 1.54) is 0 Å². The first-order valence-electron chi connectivity index (χ1n) is 6.13. The Kier molecular flexibility index (Phi) is 4.09. The average molecular weight is 234 g/mol. The zero-order valence-electron chi connectivity index (χ0n) is 9.80. The Morgan fingerprint density at radius 2 is 2.29 bits per heavy atom. The van der Waals surface area contributed by atoms with Gasteiger partial charge in [-0.1, -0.05) is 12.8 Å². The SMILES string of the molecule is O=C(C[C@H]1CCCC[C@H]1O)Nc1cccnc1. The second-order valence-electron chi connectivity index (χ2n) is 4.61. The maximum atomic E-state index is 11.8. The van der Waals surface area contributed by atoms with Gasteiger partial charge < -0.3 is 10.4 Å². The maximum absolute atomic E-state index is 11.8. The van der Waals surface area contributed by atoms with E-state index in [9.17, 15) is 9.90 Å². The lowest BCUT2D eigenvalue weighted by Gasteiger charge is -2.26. The number of carbonyl (C=O) groups is 1. The molecule has 2 atom stereocenters. The highest BCUT2D eigenvalue weighted by atomic mass is 16.3. The molecule has 0 unspecified atom stereocenters. The molecular formula is C13H18N2O2. The number of pyridine rings is 1. The molecule has 92 valence electrons. The standard InChI is InChI=1S/C13H18N2O2/c16-12-6-2-1-4-10(12)8-13(17)15-11-5-3-7-14-9-11/h3,5,7,9-10,12,16H,1-2,4,6,8H2,(H,15,17)/t10-,12-/m1/s1. The third kappa shape index (κ3) is 3.53. The topological polar surface area (TPSA) is 62.2 Å². The van der Waals surface area contributed by atoms with Gasteiger partial charge >= 0.3 is 0 Å². The van der Waals surface area contributed by atoms with Gasteiger partial charge in [0.05, 0.1) is 18.0 Å². The van der Waals surface area contributed by atoms with Crippen molar-refractivity contribution in [3.63, 3.8) is 0 Å². The summed E-state index contributed by atoms with van der Waals surface area (Å²) >= 11 is 0. The summed E-state index contributed by atoms with van der Waals surface area (Å²) in [6.07, 6.45) is 7.32. The second kappa shape index (κ2) is 5.77. The van der Waals surface area contributed by atoms with Crippen LogP contribution in [0.4, 0.5) is 5.69 Å². The first kappa shape index (κ1) is 12.0. The van der Waals surface area contributed by atoms with Gasteiger partial charge in [0.2, 0.25) is 5.91 Å². The van der Waals surface area contributed by atoms with Crippen LogP contribution in [0.3, 0.4) is 0 Å². The first-order valence-corrected chi connectivity index (χ1v) is 6.13. The van der Waals surface area contributed by atoms with Crippen molar-refractivity contribution in [1.29, 1.82) is 0 Å². The molecule has 4 heteroatoms. The lowest BCUT2D eigenvalue weighted by Crippen LogP contribution is -2.28. The van der Waals surface area contributed by atoms with E-state index in [0.29, 0.717) is 12.1 Å². The van der Waals surface area contributed by atoms with Crippen LogP contribution < -0.4 is 5.32 Å². The number of aliphatic hydroxyl groups is 1. The Hall–Kier alpha value is -1.42. The van der Waals surface area contributed by atoms with Crippen LogP contribution in [0.25, 0.3) is 0 Å². The molecule has 0 bridgehead atoms. The number of anilines is 1. The van der Waals surface area contributed by atoms with Crippen LogP contribution in [0, 0.1) is 5.92 Å². The van der Waals surface area contributed by atoms with E-state index >= 15 is 0 Å². The maximum Gasteiger partial charge on any atom is 0.224 e. The zero-order chi connectivity index (χ0) is 12.1. The van der Waals surface area contributed by atoms with Gasteiger partial charge in [-0.2, -0.15) is 0 Å². The first-order chi connectivity index (χ1) is 8.25. The molecule has 4 nitrogen and oxygen atoms in total.